The van der Waals surface area contributed by atoms with E-state index in [1.807, 2.05) is 0 Å². The van der Waals surface area contributed by atoms with E-state index in [1.54, 1.807) is 13.0 Å². The van der Waals surface area contributed by atoms with Crippen LogP contribution in [0, 0.1) is 10.1 Å². The third kappa shape index (κ3) is 2.12. The van der Waals surface area contributed by atoms with Crippen LogP contribution in [0.2, 0.25) is 0 Å². The van der Waals surface area contributed by atoms with Crippen molar-refractivity contribution >= 4 is 0 Å². The predicted molar refractivity (Wildman–Crippen MR) is 50.1 cm³/mol. The molecule has 76 valence electrons. The van der Waals surface area contributed by atoms with Crippen molar-refractivity contribution in [3.05, 3.63) is 45.1 Å². The molecule has 0 aliphatic heterocycles. The first-order valence-electron chi connectivity index (χ1n) is 4.04. The van der Waals surface area contributed by atoms with Crippen LogP contribution >= 0.6 is 0 Å². The van der Waals surface area contributed by atoms with Crippen molar-refractivity contribution in [2.24, 2.45) is 0 Å². The first kappa shape index (κ1) is 10.3. The molecular formula is C9H11NO4. The van der Waals surface area contributed by atoms with E-state index in [0.29, 0.717) is 6.42 Å². The zero-order valence-electron chi connectivity index (χ0n) is 7.98. The number of ether oxygens (including phenoxy) is 1. The second-order valence-electron chi connectivity index (χ2n) is 3.01. The largest absolute Gasteiger partial charge is 0.512 e. The number of aliphatic hydroxyl groups is 1. The Morgan fingerprint density at radius 1 is 1.57 bits per heavy atom. The molecule has 0 spiro atoms. The fraction of sp³-hybridized carbons (Fsp3) is 0.333. The normalized spacial score (nSPS) is 17.0. The molecule has 0 saturated heterocycles. The highest BCUT2D eigenvalue weighted by molar-refractivity contribution is 5.32. The second kappa shape index (κ2) is 3.95. The third-order valence-electron chi connectivity index (χ3n) is 1.81. The van der Waals surface area contributed by atoms with Gasteiger partial charge < -0.3 is 9.84 Å². The number of rotatable bonds is 2. The molecular weight excluding hydrogens is 186 g/mol. The average molecular weight is 197 g/mol. The molecule has 0 aromatic carbocycles. The molecule has 0 bridgehead atoms. The fourth-order valence-corrected chi connectivity index (χ4v) is 1.22. The van der Waals surface area contributed by atoms with E-state index in [2.05, 4.69) is 0 Å². The van der Waals surface area contributed by atoms with Crippen molar-refractivity contribution in [2.75, 3.05) is 7.11 Å². The molecule has 1 aliphatic rings. The Labute approximate surface area is 81.1 Å². The topological polar surface area (TPSA) is 72.6 Å². The predicted octanol–water partition coefficient (Wildman–Crippen LogP) is 1.91. The summed E-state index contributed by atoms with van der Waals surface area (Å²) in [6.07, 6.45) is 2.98. The van der Waals surface area contributed by atoms with Gasteiger partial charge in [-0.15, -0.1) is 0 Å². The number of nitrogens with zero attached hydrogens (tertiary/aromatic N) is 1. The molecule has 0 heterocycles. The van der Waals surface area contributed by atoms with Crippen LogP contribution in [-0.4, -0.2) is 17.1 Å². The lowest BCUT2D eigenvalue weighted by Crippen LogP contribution is -2.01. The smallest absolute Gasteiger partial charge is 0.314 e. The van der Waals surface area contributed by atoms with Crippen LogP contribution in [-0.2, 0) is 4.74 Å². The van der Waals surface area contributed by atoms with Gasteiger partial charge in [-0.2, -0.15) is 0 Å². The van der Waals surface area contributed by atoms with Crippen LogP contribution in [0.1, 0.15) is 13.3 Å². The van der Waals surface area contributed by atoms with Crippen molar-refractivity contribution in [3.63, 3.8) is 0 Å². The van der Waals surface area contributed by atoms with E-state index >= 15 is 0 Å². The van der Waals surface area contributed by atoms with Gasteiger partial charge in [0.1, 0.15) is 5.76 Å². The van der Waals surface area contributed by atoms with Gasteiger partial charge in [-0.05, 0) is 13.0 Å². The second-order valence-corrected chi connectivity index (χ2v) is 3.01. The number of hydrogen-bond donors (Lipinski definition) is 1. The first-order chi connectivity index (χ1) is 6.54. The van der Waals surface area contributed by atoms with Gasteiger partial charge in [0.15, 0.2) is 5.76 Å². The molecule has 0 amide bonds. The first-order valence-corrected chi connectivity index (χ1v) is 4.04. The van der Waals surface area contributed by atoms with Gasteiger partial charge in [0, 0.05) is 6.42 Å². The summed E-state index contributed by atoms with van der Waals surface area (Å²) in [5.41, 5.74) is 0.592. The maximum absolute atomic E-state index is 10.6. The minimum absolute atomic E-state index is 0.0301. The van der Waals surface area contributed by atoms with E-state index in [1.165, 1.54) is 7.11 Å². The SMILES string of the molecule is COC1=C([N+](=O)[O-])C=C(O)CC(C)=C1. The van der Waals surface area contributed by atoms with Crippen molar-refractivity contribution in [1.29, 1.82) is 0 Å². The van der Waals surface area contributed by atoms with Crippen LogP contribution in [0.15, 0.2) is 34.9 Å². The maximum Gasteiger partial charge on any atom is 0.314 e. The van der Waals surface area contributed by atoms with Gasteiger partial charge in [0.2, 0.25) is 0 Å². The van der Waals surface area contributed by atoms with E-state index < -0.39 is 4.92 Å². The summed E-state index contributed by atoms with van der Waals surface area (Å²) >= 11 is 0. The highest BCUT2D eigenvalue weighted by Gasteiger charge is 2.19. The van der Waals surface area contributed by atoms with Crippen LogP contribution < -0.4 is 0 Å². The summed E-state index contributed by atoms with van der Waals surface area (Å²) in [4.78, 5) is 10.0. The molecule has 14 heavy (non-hydrogen) atoms. The van der Waals surface area contributed by atoms with Gasteiger partial charge in [0.05, 0.1) is 18.1 Å². The molecule has 1 aliphatic carbocycles. The van der Waals surface area contributed by atoms with E-state index in [0.717, 1.165) is 11.6 Å². The summed E-state index contributed by atoms with van der Waals surface area (Å²) in [7, 11) is 1.36. The van der Waals surface area contributed by atoms with Gasteiger partial charge in [0.25, 0.3) is 0 Å². The molecule has 1 N–H and O–H groups in total. The van der Waals surface area contributed by atoms with Crippen molar-refractivity contribution in [1.82, 2.24) is 0 Å². The summed E-state index contributed by atoms with van der Waals surface area (Å²) in [6.45, 7) is 1.77. The van der Waals surface area contributed by atoms with Gasteiger partial charge >= 0.3 is 5.70 Å². The van der Waals surface area contributed by atoms with E-state index in [4.69, 9.17) is 4.74 Å². The molecule has 0 unspecified atom stereocenters. The Kier molecular flexibility index (Phi) is 2.91. The number of aliphatic hydroxyl groups excluding tert-OH is 1. The summed E-state index contributed by atoms with van der Waals surface area (Å²) in [5.74, 6) is 0.133. The van der Waals surface area contributed by atoms with Gasteiger partial charge in [-0.1, -0.05) is 5.57 Å². The number of nitro groups is 1. The minimum Gasteiger partial charge on any atom is -0.512 e. The Morgan fingerprint density at radius 2 is 2.21 bits per heavy atom. The monoisotopic (exact) mass is 197 g/mol. The highest BCUT2D eigenvalue weighted by atomic mass is 16.6. The lowest BCUT2D eigenvalue weighted by Gasteiger charge is -1.99. The maximum atomic E-state index is 10.6. The van der Waals surface area contributed by atoms with Crippen LogP contribution in [0.25, 0.3) is 0 Å². The number of hydrogen-bond acceptors (Lipinski definition) is 4. The Morgan fingerprint density at radius 3 is 2.71 bits per heavy atom. The standard InChI is InChI=1S/C9H11NO4/c1-6-3-7(11)5-8(10(12)13)9(4-6)14-2/h4-5,11H,3H2,1-2H3. The van der Waals surface area contributed by atoms with Crippen LogP contribution in [0.3, 0.4) is 0 Å². The Balaban J connectivity index is 3.26. The molecule has 0 radical (unpaired) electrons. The molecule has 0 aromatic rings. The van der Waals surface area contributed by atoms with Crippen molar-refractivity contribution in [3.8, 4) is 0 Å². The molecule has 5 nitrogen and oxygen atoms in total. The number of allylic oxidation sites excluding steroid dienone is 3. The van der Waals surface area contributed by atoms with Crippen molar-refractivity contribution < 1.29 is 14.8 Å². The van der Waals surface area contributed by atoms with Crippen LogP contribution in [0.5, 0.6) is 0 Å². The number of methoxy groups -OCH3 is 1. The van der Waals surface area contributed by atoms with E-state index in [9.17, 15) is 15.2 Å². The van der Waals surface area contributed by atoms with Crippen molar-refractivity contribution in [2.45, 2.75) is 13.3 Å². The zero-order chi connectivity index (χ0) is 10.7. The molecule has 1 rings (SSSR count). The van der Waals surface area contributed by atoms with Crippen LogP contribution in [0.4, 0.5) is 0 Å². The summed E-state index contributed by atoms with van der Waals surface area (Å²) in [5, 5.41) is 19.9. The summed E-state index contributed by atoms with van der Waals surface area (Å²) in [6, 6.07) is 0. The zero-order valence-corrected chi connectivity index (χ0v) is 7.98. The quantitative estimate of drug-likeness (QED) is 0.542. The molecule has 0 atom stereocenters. The van der Waals surface area contributed by atoms with E-state index in [-0.39, 0.29) is 17.2 Å². The molecule has 0 aromatic heterocycles. The lowest BCUT2D eigenvalue weighted by molar-refractivity contribution is -0.421. The molecule has 0 saturated carbocycles. The Bertz CT molecular complexity index is 352. The molecule has 5 heteroatoms. The highest BCUT2D eigenvalue weighted by Crippen LogP contribution is 2.21. The lowest BCUT2D eigenvalue weighted by atomic mass is 10.2. The minimum atomic E-state index is -0.579. The summed E-state index contributed by atoms with van der Waals surface area (Å²) < 4.78 is 4.87. The fourth-order valence-electron chi connectivity index (χ4n) is 1.22. The molecule has 0 fully saturated rings. The Hall–Kier alpha value is -1.78. The average Bonchev–Trinajstić information content (AvgIpc) is 2.23. The van der Waals surface area contributed by atoms with Gasteiger partial charge in [-0.3, -0.25) is 10.1 Å². The third-order valence-corrected chi connectivity index (χ3v) is 1.81. The van der Waals surface area contributed by atoms with Gasteiger partial charge in [-0.25, -0.2) is 0 Å².